The van der Waals surface area contributed by atoms with Crippen LogP contribution in [-0.4, -0.2) is 51.5 Å². The van der Waals surface area contributed by atoms with Gasteiger partial charge in [0.05, 0.1) is 17.6 Å². The van der Waals surface area contributed by atoms with Gasteiger partial charge in [0, 0.05) is 25.7 Å². The minimum absolute atomic E-state index is 0. The molecule has 1 aromatic rings. The lowest BCUT2D eigenvalue weighted by Crippen LogP contribution is -2.52. The quantitative estimate of drug-likeness (QED) is 0.822. The number of nitrogens with zero attached hydrogens (tertiary/aromatic N) is 1. The van der Waals surface area contributed by atoms with Crippen molar-refractivity contribution in [2.75, 3.05) is 26.7 Å². The van der Waals surface area contributed by atoms with Crippen molar-refractivity contribution < 1.29 is 22.3 Å². The standard InChI is InChI=1S/C13H17FN2O4S.ClH/c1-9-8-15-5-6-16(9)21(18,19)12-4-3-10(14)7-11(12)13(17)20-2;/h3-4,7,9,15H,5-6,8H2,1-2H3;1H. The summed E-state index contributed by atoms with van der Waals surface area (Å²) in [6.07, 6.45) is 0. The molecule has 0 aliphatic carbocycles. The lowest BCUT2D eigenvalue weighted by molar-refractivity contribution is 0.0595. The van der Waals surface area contributed by atoms with Gasteiger partial charge in [-0.25, -0.2) is 17.6 Å². The predicted molar refractivity (Wildman–Crippen MR) is 81.2 cm³/mol. The molecule has 0 saturated carbocycles. The maximum Gasteiger partial charge on any atom is 0.339 e. The van der Waals surface area contributed by atoms with Crippen LogP contribution in [0.2, 0.25) is 0 Å². The Bertz CT molecular complexity index is 653. The highest BCUT2D eigenvalue weighted by atomic mass is 35.5. The molecule has 1 aliphatic rings. The molecule has 1 atom stereocenters. The van der Waals surface area contributed by atoms with E-state index in [4.69, 9.17) is 0 Å². The Morgan fingerprint density at radius 1 is 1.45 bits per heavy atom. The minimum atomic E-state index is -3.89. The van der Waals surface area contributed by atoms with E-state index in [9.17, 15) is 17.6 Å². The van der Waals surface area contributed by atoms with Crippen molar-refractivity contribution in [3.05, 3.63) is 29.6 Å². The first kappa shape index (κ1) is 18.8. The zero-order chi connectivity index (χ0) is 15.6. The Morgan fingerprint density at radius 3 is 2.73 bits per heavy atom. The number of esters is 1. The summed E-state index contributed by atoms with van der Waals surface area (Å²) in [6, 6.07) is 2.75. The molecule has 1 N–H and O–H groups in total. The van der Waals surface area contributed by atoms with Crippen molar-refractivity contribution in [3.63, 3.8) is 0 Å². The number of benzene rings is 1. The Balaban J connectivity index is 0.00000242. The molecule has 0 bridgehead atoms. The maximum absolute atomic E-state index is 13.3. The lowest BCUT2D eigenvalue weighted by Gasteiger charge is -2.33. The van der Waals surface area contributed by atoms with Gasteiger partial charge in [0.2, 0.25) is 10.0 Å². The summed E-state index contributed by atoms with van der Waals surface area (Å²) in [6.45, 7) is 3.11. The summed E-state index contributed by atoms with van der Waals surface area (Å²) < 4.78 is 44.6. The number of rotatable bonds is 3. The topological polar surface area (TPSA) is 75.7 Å². The third kappa shape index (κ3) is 3.57. The number of hydrogen-bond acceptors (Lipinski definition) is 5. The van der Waals surface area contributed by atoms with Crippen LogP contribution in [0.15, 0.2) is 23.1 Å². The highest BCUT2D eigenvalue weighted by Gasteiger charge is 2.34. The summed E-state index contributed by atoms with van der Waals surface area (Å²) >= 11 is 0. The van der Waals surface area contributed by atoms with E-state index in [2.05, 4.69) is 10.1 Å². The molecular weight excluding hydrogens is 335 g/mol. The SMILES string of the molecule is COC(=O)c1cc(F)ccc1S(=O)(=O)N1CCNCC1C.Cl. The third-order valence-corrected chi connectivity index (χ3v) is 5.45. The summed E-state index contributed by atoms with van der Waals surface area (Å²) in [5.74, 6) is -1.57. The van der Waals surface area contributed by atoms with Crippen molar-refractivity contribution in [2.24, 2.45) is 0 Å². The van der Waals surface area contributed by atoms with Gasteiger partial charge in [-0.1, -0.05) is 0 Å². The number of carbonyl (C=O) groups excluding carboxylic acids is 1. The third-order valence-electron chi connectivity index (χ3n) is 3.37. The summed E-state index contributed by atoms with van der Waals surface area (Å²) in [5, 5.41) is 3.09. The van der Waals surface area contributed by atoms with Gasteiger partial charge in [-0.15, -0.1) is 12.4 Å². The number of halogens is 2. The fourth-order valence-electron chi connectivity index (χ4n) is 2.30. The molecule has 0 radical (unpaired) electrons. The first-order chi connectivity index (χ1) is 9.87. The van der Waals surface area contributed by atoms with Crippen LogP contribution >= 0.6 is 12.4 Å². The second-order valence-electron chi connectivity index (χ2n) is 4.80. The zero-order valence-corrected chi connectivity index (χ0v) is 13.8. The fraction of sp³-hybridized carbons (Fsp3) is 0.462. The van der Waals surface area contributed by atoms with E-state index in [1.807, 2.05) is 0 Å². The molecule has 0 amide bonds. The normalized spacial score (nSPS) is 19.3. The smallest absolute Gasteiger partial charge is 0.339 e. The Morgan fingerprint density at radius 2 is 2.14 bits per heavy atom. The summed E-state index contributed by atoms with van der Waals surface area (Å²) in [4.78, 5) is 11.5. The van der Waals surface area contributed by atoms with E-state index in [1.54, 1.807) is 6.92 Å². The van der Waals surface area contributed by atoms with Crippen LogP contribution in [0.4, 0.5) is 4.39 Å². The first-order valence-corrected chi connectivity index (χ1v) is 7.92. The number of sulfonamides is 1. The minimum Gasteiger partial charge on any atom is -0.465 e. The van der Waals surface area contributed by atoms with E-state index < -0.39 is 21.8 Å². The molecule has 0 aromatic heterocycles. The Kier molecular flexibility index (Phi) is 6.30. The highest BCUT2D eigenvalue weighted by molar-refractivity contribution is 7.89. The van der Waals surface area contributed by atoms with E-state index in [-0.39, 0.29) is 28.9 Å². The second-order valence-corrected chi connectivity index (χ2v) is 6.66. The molecule has 1 unspecified atom stereocenters. The molecule has 124 valence electrons. The van der Waals surface area contributed by atoms with Gasteiger partial charge >= 0.3 is 5.97 Å². The van der Waals surface area contributed by atoms with Crippen LogP contribution in [0, 0.1) is 5.82 Å². The summed E-state index contributed by atoms with van der Waals surface area (Å²) in [5.41, 5.74) is -0.289. The summed E-state index contributed by atoms with van der Waals surface area (Å²) in [7, 11) is -2.77. The van der Waals surface area contributed by atoms with E-state index in [1.165, 1.54) is 4.31 Å². The van der Waals surface area contributed by atoms with E-state index >= 15 is 0 Å². The fourth-order valence-corrected chi connectivity index (χ4v) is 4.10. The molecule has 1 aromatic carbocycles. The van der Waals surface area contributed by atoms with Crippen LogP contribution in [0.1, 0.15) is 17.3 Å². The van der Waals surface area contributed by atoms with Crippen LogP contribution in [0.25, 0.3) is 0 Å². The second kappa shape index (κ2) is 7.36. The molecular formula is C13H18ClFN2O4S. The molecule has 1 heterocycles. The van der Waals surface area contributed by atoms with Crippen LogP contribution in [0.5, 0.6) is 0 Å². The Hall–Kier alpha value is -1.22. The monoisotopic (exact) mass is 352 g/mol. The van der Waals surface area contributed by atoms with Crippen molar-refractivity contribution in [3.8, 4) is 0 Å². The predicted octanol–water partition coefficient (Wildman–Crippen LogP) is 1.02. The number of methoxy groups -OCH3 is 1. The Labute approximate surface area is 135 Å². The number of ether oxygens (including phenoxy) is 1. The molecule has 6 nitrogen and oxygen atoms in total. The average molecular weight is 353 g/mol. The molecule has 1 aliphatic heterocycles. The van der Waals surface area contributed by atoms with Crippen LogP contribution < -0.4 is 5.32 Å². The van der Waals surface area contributed by atoms with Gasteiger partial charge in [-0.05, 0) is 25.1 Å². The highest BCUT2D eigenvalue weighted by Crippen LogP contribution is 2.24. The number of hydrogen-bond donors (Lipinski definition) is 1. The van der Waals surface area contributed by atoms with E-state index in [0.717, 1.165) is 25.3 Å². The maximum atomic E-state index is 13.3. The number of nitrogens with one attached hydrogen (secondary N) is 1. The molecule has 1 saturated heterocycles. The van der Waals surface area contributed by atoms with Crippen molar-refractivity contribution in [2.45, 2.75) is 17.9 Å². The largest absolute Gasteiger partial charge is 0.465 e. The van der Waals surface area contributed by atoms with Crippen molar-refractivity contribution in [1.82, 2.24) is 9.62 Å². The first-order valence-electron chi connectivity index (χ1n) is 6.48. The average Bonchev–Trinajstić information content (AvgIpc) is 2.46. The lowest BCUT2D eigenvalue weighted by atomic mass is 10.2. The van der Waals surface area contributed by atoms with E-state index in [0.29, 0.717) is 19.6 Å². The molecule has 0 spiro atoms. The van der Waals surface area contributed by atoms with Gasteiger partial charge in [0.15, 0.2) is 0 Å². The van der Waals surface area contributed by atoms with Crippen molar-refractivity contribution >= 4 is 28.4 Å². The van der Waals surface area contributed by atoms with Crippen LogP contribution in [0.3, 0.4) is 0 Å². The molecule has 1 fully saturated rings. The number of piperazine rings is 1. The van der Waals surface area contributed by atoms with Gasteiger partial charge in [0.1, 0.15) is 5.82 Å². The van der Waals surface area contributed by atoms with Gasteiger partial charge in [-0.2, -0.15) is 4.31 Å². The zero-order valence-electron chi connectivity index (χ0n) is 12.2. The molecule has 9 heteroatoms. The van der Waals surface area contributed by atoms with Crippen molar-refractivity contribution in [1.29, 1.82) is 0 Å². The van der Waals surface area contributed by atoms with Gasteiger partial charge in [0.25, 0.3) is 0 Å². The molecule has 2 rings (SSSR count). The van der Waals surface area contributed by atoms with Gasteiger partial charge in [-0.3, -0.25) is 0 Å². The number of carbonyl (C=O) groups is 1. The van der Waals surface area contributed by atoms with Gasteiger partial charge < -0.3 is 10.1 Å². The molecule has 22 heavy (non-hydrogen) atoms. The van der Waals surface area contributed by atoms with Crippen LogP contribution in [-0.2, 0) is 14.8 Å².